The van der Waals surface area contributed by atoms with Crippen LogP contribution < -0.4 is 21.3 Å². The van der Waals surface area contributed by atoms with E-state index in [-0.39, 0.29) is 21.7 Å². The molecule has 0 saturated carbocycles. The standard InChI is InChI=1S/2C27H23N.C25H21N.C23H21N/c1-27(2)25-17-7-6-14-23(25)24-16-9-15-22(26(24)27)19-10-8-13-21(18-19)28-20-11-4-3-5-12-20;1-27(2)25-14-7-6-13-23(25)24-18-20(15-16-26(24)27)19-9-8-12-22(17-19)28-21-10-4-3-5-11-21;1-25(2)21-15-9-8-14-20(21)23-19-13-7-6-10-17(19)16-22(24(23)25)26-18-11-4-3-5-12-18;1-4-16-9-11-17(12-10-16)24-18-13-14-22-20(15-18)19-7-5-6-8-21(19)23(22,2)3/h2*3-18,28H,1-2H3;3-16,26H,1-2H3;4-15,24H,1H2,2-3H3. The molecule has 0 spiro atoms. The van der Waals surface area contributed by atoms with Crippen molar-refractivity contribution in [2.45, 2.75) is 77.0 Å². The van der Waals surface area contributed by atoms with Gasteiger partial charge in [-0.25, -0.2) is 0 Å². The third kappa shape index (κ3) is 12.7. The van der Waals surface area contributed by atoms with Crippen LogP contribution in [0.2, 0.25) is 0 Å². The molecule has 4 N–H and O–H groups in total. The largest absolute Gasteiger partial charge is 0.356 e. The zero-order chi connectivity index (χ0) is 72.7. The van der Waals surface area contributed by atoms with Crippen molar-refractivity contribution < 1.29 is 0 Å². The molecular formula is C102H88N4. The van der Waals surface area contributed by atoms with E-state index in [1.165, 1.54) is 128 Å². The quantitative estimate of drug-likeness (QED) is 0.104. The van der Waals surface area contributed by atoms with Gasteiger partial charge in [0.25, 0.3) is 0 Å². The maximum Gasteiger partial charge on any atom is 0.0438 e. The summed E-state index contributed by atoms with van der Waals surface area (Å²) in [4.78, 5) is 0. The SMILES string of the molecule is C=Cc1ccc(Nc2ccc3c(c2)-c2ccccc2C3(C)C)cc1.CC1(C)c2ccccc2-c2c1c(Nc1ccccc1)cc1ccccc21.CC1(C)c2ccccc2-c2cc(-c3cccc(Nc4ccccc4)c3)ccc21.CC1(C)c2ccccc2-c2cccc(-c3cccc(Nc4ccccc4)c3)c21. The van der Waals surface area contributed by atoms with Crippen LogP contribution in [0.3, 0.4) is 0 Å². The molecule has 0 amide bonds. The van der Waals surface area contributed by atoms with Crippen LogP contribution in [0.1, 0.15) is 105 Å². The summed E-state index contributed by atoms with van der Waals surface area (Å²) in [5.41, 5.74) is 37.3. The van der Waals surface area contributed by atoms with Gasteiger partial charge in [0.15, 0.2) is 0 Å². The summed E-state index contributed by atoms with van der Waals surface area (Å²) >= 11 is 0. The van der Waals surface area contributed by atoms with E-state index in [0.29, 0.717) is 0 Å². The minimum absolute atomic E-state index is 0.00855. The Labute approximate surface area is 625 Å². The molecule has 0 bridgehead atoms. The highest BCUT2D eigenvalue weighted by molar-refractivity contribution is 6.06. The highest BCUT2D eigenvalue weighted by Gasteiger charge is 2.41. The minimum Gasteiger partial charge on any atom is -0.356 e. The van der Waals surface area contributed by atoms with Crippen molar-refractivity contribution in [1.29, 1.82) is 0 Å². The van der Waals surface area contributed by atoms with E-state index in [9.17, 15) is 0 Å². The van der Waals surface area contributed by atoms with Crippen LogP contribution >= 0.6 is 0 Å². The molecule has 0 unspecified atom stereocenters. The summed E-state index contributed by atoms with van der Waals surface area (Å²) in [6.07, 6.45) is 1.86. The Balaban J connectivity index is 0.000000109. The number of nitrogens with one attached hydrogen (secondary N) is 4. The Morgan fingerprint density at radius 3 is 1.18 bits per heavy atom. The van der Waals surface area contributed by atoms with Gasteiger partial charge in [-0.1, -0.05) is 317 Å². The van der Waals surface area contributed by atoms with Crippen LogP contribution in [-0.4, -0.2) is 0 Å². The van der Waals surface area contributed by atoms with Crippen LogP contribution in [0.5, 0.6) is 0 Å². The van der Waals surface area contributed by atoms with E-state index < -0.39 is 0 Å². The zero-order valence-corrected chi connectivity index (χ0v) is 61.7. The molecule has 0 saturated heterocycles. The third-order valence-electron chi connectivity index (χ3n) is 22.3. The first kappa shape index (κ1) is 68.0. The van der Waals surface area contributed by atoms with Crippen molar-refractivity contribution in [2.24, 2.45) is 0 Å². The first-order valence-corrected chi connectivity index (χ1v) is 37.1. The summed E-state index contributed by atoms with van der Waals surface area (Å²) in [5, 5.41) is 16.8. The molecule has 0 aromatic heterocycles. The smallest absolute Gasteiger partial charge is 0.0438 e. The number of fused-ring (bicyclic) bond motifs is 14. The molecule has 106 heavy (non-hydrogen) atoms. The lowest BCUT2D eigenvalue weighted by Gasteiger charge is -2.25. The zero-order valence-electron chi connectivity index (χ0n) is 61.7. The van der Waals surface area contributed by atoms with Gasteiger partial charge in [0, 0.05) is 67.2 Å². The monoisotopic (exact) mass is 1370 g/mol. The van der Waals surface area contributed by atoms with Crippen LogP contribution in [0.4, 0.5) is 45.5 Å². The van der Waals surface area contributed by atoms with Crippen molar-refractivity contribution in [3.05, 3.63) is 402 Å². The van der Waals surface area contributed by atoms with Gasteiger partial charge >= 0.3 is 0 Å². The molecule has 15 aromatic carbocycles. The first-order chi connectivity index (χ1) is 51.5. The number of anilines is 8. The maximum absolute atomic E-state index is 3.80. The van der Waals surface area contributed by atoms with Gasteiger partial charge < -0.3 is 21.3 Å². The summed E-state index contributed by atoms with van der Waals surface area (Å²) in [6, 6.07) is 123. The second-order valence-electron chi connectivity index (χ2n) is 30.4. The lowest BCUT2D eigenvalue weighted by Crippen LogP contribution is -2.17. The highest BCUT2D eigenvalue weighted by atomic mass is 14.9. The highest BCUT2D eigenvalue weighted by Crippen LogP contribution is 2.56. The average molecular weight is 1370 g/mol. The van der Waals surface area contributed by atoms with Crippen molar-refractivity contribution in [3.63, 3.8) is 0 Å². The topological polar surface area (TPSA) is 48.1 Å². The third-order valence-corrected chi connectivity index (χ3v) is 22.3. The molecule has 0 radical (unpaired) electrons. The fraction of sp³-hybridized carbons (Fsp3) is 0.118. The van der Waals surface area contributed by atoms with Gasteiger partial charge in [-0.3, -0.25) is 0 Å². The second-order valence-corrected chi connectivity index (χ2v) is 30.4. The average Bonchev–Trinajstić information content (AvgIpc) is 1.57. The Morgan fingerprint density at radius 1 is 0.236 bits per heavy atom. The van der Waals surface area contributed by atoms with Crippen LogP contribution in [-0.2, 0) is 21.7 Å². The van der Waals surface area contributed by atoms with Crippen LogP contribution in [0, 0.1) is 0 Å². The molecule has 516 valence electrons. The van der Waals surface area contributed by atoms with E-state index in [1.807, 2.05) is 30.3 Å². The molecule has 0 heterocycles. The van der Waals surface area contributed by atoms with Gasteiger partial charge in [-0.05, 0) is 225 Å². The van der Waals surface area contributed by atoms with Crippen molar-refractivity contribution >= 4 is 62.3 Å². The number of hydrogen-bond acceptors (Lipinski definition) is 4. The fourth-order valence-corrected chi connectivity index (χ4v) is 17.0. The summed E-state index contributed by atoms with van der Waals surface area (Å²) in [7, 11) is 0. The first-order valence-electron chi connectivity index (χ1n) is 37.1. The molecule has 4 heteroatoms. The molecule has 0 aliphatic heterocycles. The molecule has 0 atom stereocenters. The molecule has 4 aliphatic carbocycles. The fourth-order valence-electron chi connectivity index (χ4n) is 17.0. The van der Waals surface area contributed by atoms with E-state index in [2.05, 4.69) is 405 Å². The lowest BCUT2D eigenvalue weighted by atomic mass is 9.79. The molecular weight excluding hydrogens is 1280 g/mol. The molecule has 4 nitrogen and oxygen atoms in total. The number of rotatable bonds is 11. The van der Waals surface area contributed by atoms with E-state index in [0.717, 1.165) is 45.4 Å². The lowest BCUT2D eigenvalue weighted by molar-refractivity contribution is 0.660. The van der Waals surface area contributed by atoms with Crippen molar-refractivity contribution in [3.8, 4) is 66.8 Å². The summed E-state index contributed by atoms with van der Waals surface area (Å²) in [5.74, 6) is 0. The maximum atomic E-state index is 3.80. The molecule has 19 rings (SSSR count). The predicted molar refractivity (Wildman–Crippen MR) is 453 cm³/mol. The van der Waals surface area contributed by atoms with E-state index in [1.54, 1.807) is 0 Å². The molecule has 0 fully saturated rings. The van der Waals surface area contributed by atoms with E-state index >= 15 is 0 Å². The van der Waals surface area contributed by atoms with Crippen LogP contribution in [0.25, 0.3) is 83.6 Å². The van der Waals surface area contributed by atoms with Gasteiger partial charge in [0.2, 0.25) is 0 Å². The Kier molecular flexibility index (Phi) is 17.9. The Hall–Kier alpha value is -12.5. The Morgan fingerprint density at radius 2 is 0.604 bits per heavy atom. The van der Waals surface area contributed by atoms with Gasteiger partial charge in [0.05, 0.1) is 0 Å². The van der Waals surface area contributed by atoms with Crippen LogP contribution in [0.15, 0.2) is 352 Å². The summed E-state index contributed by atoms with van der Waals surface area (Å²) in [6.45, 7) is 22.4. The Bertz CT molecular complexity index is 5770. The van der Waals surface area contributed by atoms with Gasteiger partial charge in [0.1, 0.15) is 0 Å². The number of benzene rings is 15. The van der Waals surface area contributed by atoms with Crippen molar-refractivity contribution in [2.75, 3.05) is 21.3 Å². The number of para-hydroxylation sites is 3. The molecule has 4 aliphatic rings. The van der Waals surface area contributed by atoms with Crippen molar-refractivity contribution in [1.82, 2.24) is 0 Å². The number of hydrogen-bond donors (Lipinski definition) is 4. The second kappa shape index (κ2) is 27.9. The molecule has 15 aromatic rings. The van der Waals surface area contributed by atoms with E-state index in [4.69, 9.17) is 0 Å². The predicted octanol–water partition coefficient (Wildman–Crippen LogP) is 28.1. The van der Waals surface area contributed by atoms with Gasteiger partial charge in [-0.2, -0.15) is 0 Å². The van der Waals surface area contributed by atoms with Gasteiger partial charge in [-0.15, -0.1) is 0 Å². The summed E-state index contributed by atoms with van der Waals surface area (Å²) < 4.78 is 0. The minimum atomic E-state index is -0.0347. The normalized spacial score (nSPS) is 13.8.